The smallest absolute Gasteiger partial charge is 0.269 e. The van der Waals surface area contributed by atoms with E-state index in [2.05, 4.69) is 5.10 Å². The molecule has 2 atom stereocenters. The van der Waals surface area contributed by atoms with Gasteiger partial charge in [0.15, 0.2) is 0 Å². The van der Waals surface area contributed by atoms with Gasteiger partial charge in [0.25, 0.3) is 11.6 Å². The number of amides is 1. The molecule has 1 aliphatic heterocycles. The van der Waals surface area contributed by atoms with E-state index in [0.29, 0.717) is 35.8 Å². The number of non-ortho nitro benzene ring substituents is 1. The van der Waals surface area contributed by atoms with Crippen molar-refractivity contribution in [2.24, 2.45) is 18.7 Å². The minimum Gasteiger partial charge on any atom is -0.335 e. The van der Waals surface area contributed by atoms with Crippen molar-refractivity contribution in [3.63, 3.8) is 0 Å². The largest absolute Gasteiger partial charge is 0.335 e. The van der Waals surface area contributed by atoms with Crippen molar-refractivity contribution in [3.8, 4) is 11.3 Å². The minimum atomic E-state index is -0.451. The molecule has 2 N–H and O–H groups in total. The molecular formula is C17H21N5O3. The van der Waals surface area contributed by atoms with E-state index in [1.165, 1.54) is 12.1 Å². The summed E-state index contributed by atoms with van der Waals surface area (Å²) in [7, 11) is 1.75. The molecule has 0 saturated carbocycles. The highest BCUT2D eigenvalue weighted by atomic mass is 16.6. The van der Waals surface area contributed by atoms with Gasteiger partial charge in [-0.15, -0.1) is 0 Å². The molecule has 2 aromatic rings. The maximum absolute atomic E-state index is 13.0. The van der Waals surface area contributed by atoms with Crippen molar-refractivity contribution >= 4 is 11.6 Å². The summed E-state index contributed by atoms with van der Waals surface area (Å²) < 4.78 is 1.59. The van der Waals surface area contributed by atoms with E-state index in [0.717, 1.165) is 6.42 Å². The Morgan fingerprint density at radius 1 is 1.40 bits per heavy atom. The van der Waals surface area contributed by atoms with Crippen LogP contribution in [0.4, 0.5) is 5.69 Å². The van der Waals surface area contributed by atoms with E-state index in [1.54, 1.807) is 30.1 Å². The normalized spacial score (nSPS) is 20.0. The zero-order valence-electron chi connectivity index (χ0n) is 14.3. The first-order chi connectivity index (χ1) is 11.9. The lowest BCUT2D eigenvalue weighted by Crippen LogP contribution is -2.34. The second-order valence-corrected chi connectivity index (χ2v) is 6.51. The van der Waals surface area contributed by atoms with Gasteiger partial charge in [0.2, 0.25) is 0 Å². The number of aryl methyl sites for hydroxylation is 1. The van der Waals surface area contributed by atoms with Crippen LogP contribution < -0.4 is 5.73 Å². The molecule has 2 unspecified atom stereocenters. The fraction of sp³-hybridized carbons (Fsp3) is 0.412. The van der Waals surface area contributed by atoms with Crippen LogP contribution in [0.25, 0.3) is 11.3 Å². The van der Waals surface area contributed by atoms with Gasteiger partial charge in [-0.3, -0.25) is 19.6 Å². The van der Waals surface area contributed by atoms with Crippen LogP contribution in [-0.2, 0) is 7.05 Å². The standard InChI is InChI=1S/C17H21N5O3/c1-11-7-12(8-18)9-21(11)17(23)15-10-20(2)19-16(15)13-3-5-14(6-4-13)22(24)25/h3-6,10-12H,7-9,18H2,1-2H3. The van der Waals surface area contributed by atoms with Crippen LogP contribution in [0.5, 0.6) is 0 Å². The summed E-state index contributed by atoms with van der Waals surface area (Å²) in [5.41, 5.74) is 7.47. The number of rotatable bonds is 4. The maximum Gasteiger partial charge on any atom is 0.269 e. The second-order valence-electron chi connectivity index (χ2n) is 6.51. The van der Waals surface area contributed by atoms with Crippen molar-refractivity contribution < 1.29 is 9.72 Å². The average Bonchev–Trinajstić information content (AvgIpc) is 3.17. The van der Waals surface area contributed by atoms with Gasteiger partial charge >= 0.3 is 0 Å². The van der Waals surface area contributed by atoms with E-state index >= 15 is 0 Å². The lowest BCUT2D eigenvalue weighted by Gasteiger charge is -2.21. The summed E-state index contributed by atoms with van der Waals surface area (Å²) in [6, 6.07) is 6.20. The number of nitrogens with two attached hydrogens (primary N) is 1. The van der Waals surface area contributed by atoms with Gasteiger partial charge in [0.1, 0.15) is 5.69 Å². The molecule has 8 heteroatoms. The molecule has 2 heterocycles. The summed E-state index contributed by atoms with van der Waals surface area (Å²) in [5, 5.41) is 15.2. The van der Waals surface area contributed by atoms with Crippen molar-refractivity contribution in [1.82, 2.24) is 14.7 Å². The number of aromatic nitrogens is 2. The predicted octanol–water partition coefficient (Wildman–Crippen LogP) is 1.80. The van der Waals surface area contributed by atoms with Gasteiger partial charge in [0.05, 0.1) is 10.5 Å². The first kappa shape index (κ1) is 17.1. The first-order valence-electron chi connectivity index (χ1n) is 8.20. The lowest BCUT2D eigenvalue weighted by atomic mass is 10.1. The number of nitro benzene ring substituents is 1. The minimum absolute atomic E-state index is 0.00603. The van der Waals surface area contributed by atoms with Gasteiger partial charge in [-0.1, -0.05) is 0 Å². The van der Waals surface area contributed by atoms with Crippen LogP contribution in [0.2, 0.25) is 0 Å². The molecule has 1 aromatic carbocycles. The topological polar surface area (TPSA) is 107 Å². The van der Waals surface area contributed by atoms with Gasteiger partial charge in [-0.2, -0.15) is 5.10 Å². The van der Waals surface area contributed by atoms with Gasteiger partial charge in [0, 0.05) is 43.5 Å². The molecular weight excluding hydrogens is 322 g/mol. The molecule has 0 aliphatic carbocycles. The number of nitrogens with zero attached hydrogens (tertiary/aromatic N) is 4. The monoisotopic (exact) mass is 343 g/mol. The Labute approximate surface area is 145 Å². The molecule has 1 amide bonds. The van der Waals surface area contributed by atoms with Crippen molar-refractivity contribution in [2.45, 2.75) is 19.4 Å². The molecule has 1 aromatic heterocycles. The Kier molecular flexibility index (Phi) is 4.54. The van der Waals surface area contributed by atoms with Crippen LogP contribution in [0.15, 0.2) is 30.5 Å². The van der Waals surface area contributed by atoms with Gasteiger partial charge < -0.3 is 10.6 Å². The third-order valence-corrected chi connectivity index (χ3v) is 4.67. The van der Waals surface area contributed by atoms with Crippen LogP contribution in [-0.4, -0.2) is 44.6 Å². The number of likely N-dealkylation sites (tertiary alicyclic amines) is 1. The summed E-state index contributed by atoms with van der Waals surface area (Å²) in [6.45, 7) is 3.23. The van der Waals surface area contributed by atoms with Gasteiger partial charge in [-0.25, -0.2) is 0 Å². The Morgan fingerprint density at radius 3 is 2.64 bits per heavy atom. The molecule has 0 spiro atoms. The number of benzene rings is 1. The predicted molar refractivity (Wildman–Crippen MR) is 93.0 cm³/mol. The van der Waals surface area contributed by atoms with Crippen LogP contribution in [0, 0.1) is 16.0 Å². The van der Waals surface area contributed by atoms with E-state index in [4.69, 9.17) is 5.73 Å². The van der Waals surface area contributed by atoms with E-state index in [1.807, 2.05) is 11.8 Å². The highest BCUT2D eigenvalue weighted by Gasteiger charge is 2.34. The summed E-state index contributed by atoms with van der Waals surface area (Å²) >= 11 is 0. The molecule has 3 rings (SSSR count). The van der Waals surface area contributed by atoms with Gasteiger partial charge in [-0.05, 0) is 37.9 Å². The number of nitro groups is 1. The molecule has 132 valence electrons. The summed E-state index contributed by atoms with van der Waals surface area (Å²) in [5.74, 6) is 0.239. The highest BCUT2D eigenvalue weighted by molar-refractivity contribution is 6.00. The van der Waals surface area contributed by atoms with Crippen molar-refractivity contribution in [3.05, 3.63) is 46.1 Å². The number of hydrogen-bond donors (Lipinski definition) is 1. The first-order valence-corrected chi connectivity index (χ1v) is 8.20. The Morgan fingerprint density at radius 2 is 2.08 bits per heavy atom. The molecule has 1 saturated heterocycles. The second kappa shape index (κ2) is 6.64. The quantitative estimate of drug-likeness (QED) is 0.673. The average molecular weight is 343 g/mol. The molecule has 0 bridgehead atoms. The van der Waals surface area contributed by atoms with E-state index in [9.17, 15) is 14.9 Å². The van der Waals surface area contributed by atoms with Crippen LogP contribution in [0.1, 0.15) is 23.7 Å². The maximum atomic E-state index is 13.0. The van der Waals surface area contributed by atoms with Crippen molar-refractivity contribution in [1.29, 1.82) is 0 Å². The Bertz CT molecular complexity index is 799. The van der Waals surface area contributed by atoms with E-state index < -0.39 is 4.92 Å². The van der Waals surface area contributed by atoms with Crippen LogP contribution in [0.3, 0.4) is 0 Å². The molecule has 1 fully saturated rings. The SMILES string of the molecule is CC1CC(CN)CN1C(=O)c1cn(C)nc1-c1ccc([N+](=O)[O-])cc1. The molecule has 8 nitrogen and oxygen atoms in total. The summed E-state index contributed by atoms with van der Waals surface area (Å²) in [4.78, 5) is 25.2. The zero-order valence-corrected chi connectivity index (χ0v) is 14.3. The third-order valence-electron chi connectivity index (χ3n) is 4.67. The molecule has 0 radical (unpaired) electrons. The lowest BCUT2D eigenvalue weighted by molar-refractivity contribution is -0.384. The van der Waals surface area contributed by atoms with Crippen molar-refractivity contribution in [2.75, 3.05) is 13.1 Å². The number of carbonyl (C=O) groups is 1. The summed E-state index contributed by atoms with van der Waals surface area (Å²) in [6.07, 6.45) is 2.59. The third kappa shape index (κ3) is 3.25. The zero-order chi connectivity index (χ0) is 18.1. The van der Waals surface area contributed by atoms with E-state index in [-0.39, 0.29) is 17.6 Å². The molecule has 25 heavy (non-hydrogen) atoms. The number of hydrogen-bond acceptors (Lipinski definition) is 5. The number of carbonyl (C=O) groups excluding carboxylic acids is 1. The van der Waals surface area contributed by atoms with Crippen LogP contribution >= 0.6 is 0 Å². The molecule has 1 aliphatic rings. The Balaban J connectivity index is 1.93. The Hall–Kier alpha value is -2.74. The highest BCUT2D eigenvalue weighted by Crippen LogP contribution is 2.29. The fourth-order valence-electron chi connectivity index (χ4n) is 3.35. The fourth-order valence-corrected chi connectivity index (χ4v) is 3.35.